The minimum atomic E-state index is -0.483. The van der Waals surface area contributed by atoms with Crippen LogP contribution in [0.4, 0.5) is 0 Å². The lowest BCUT2D eigenvalue weighted by molar-refractivity contribution is -0.157. The second-order valence-corrected chi connectivity index (χ2v) is 5.73. The molecule has 2 aliphatic heterocycles. The number of nitrogens with zero attached hydrogens (tertiary/aromatic N) is 1. The highest BCUT2D eigenvalue weighted by atomic mass is 16.5. The Morgan fingerprint density at radius 2 is 2.00 bits per heavy atom. The summed E-state index contributed by atoms with van der Waals surface area (Å²) in [7, 11) is 0. The number of ether oxygens (including phenoxy) is 1. The highest BCUT2D eigenvalue weighted by Crippen LogP contribution is 2.44. The molecule has 0 N–H and O–H groups in total. The number of cyclic esters (lactones) is 1. The van der Waals surface area contributed by atoms with E-state index in [4.69, 9.17) is 4.74 Å². The van der Waals surface area contributed by atoms with Crippen molar-refractivity contribution >= 4 is 11.9 Å². The maximum atomic E-state index is 12.2. The normalized spacial score (nSPS) is 29.9. The lowest BCUT2D eigenvalue weighted by Crippen LogP contribution is -2.54. The minimum absolute atomic E-state index is 0.0982. The summed E-state index contributed by atoms with van der Waals surface area (Å²) in [6.07, 6.45) is 1.79. The standard InChI is InChI=1S/C16H19NO3/c1-12-16(9-10-20-15(16)19)8-7-14(18)17(12)11-13-5-3-2-4-6-13/h2-6,12H,7-11H2,1H3. The molecule has 0 radical (unpaired) electrons. The number of hydrogen-bond donors (Lipinski definition) is 0. The fraction of sp³-hybridized carbons (Fsp3) is 0.500. The van der Waals surface area contributed by atoms with E-state index in [0.29, 0.717) is 26.0 Å². The third kappa shape index (κ3) is 1.99. The molecule has 3 rings (SSSR count). The third-order valence-corrected chi connectivity index (χ3v) is 4.76. The predicted octanol–water partition coefficient (Wildman–Crippen LogP) is 2.13. The molecule has 2 unspecified atom stereocenters. The monoisotopic (exact) mass is 273 g/mol. The Morgan fingerprint density at radius 3 is 2.65 bits per heavy atom. The van der Waals surface area contributed by atoms with Gasteiger partial charge in [-0.05, 0) is 25.3 Å². The molecule has 2 aliphatic rings. The number of likely N-dealkylation sites (tertiary alicyclic amines) is 1. The van der Waals surface area contributed by atoms with Crippen molar-refractivity contribution in [3.8, 4) is 0 Å². The van der Waals surface area contributed by atoms with Crippen LogP contribution in [0, 0.1) is 5.41 Å². The van der Waals surface area contributed by atoms with E-state index in [9.17, 15) is 9.59 Å². The van der Waals surface area contributed by atoms with Crippen LogP contribution in [0.5, 0.6) is 0 Å². The van der Waals surface area contributed by atoms with Crippen molar-refractivity contribution in [1.29, 1.82) is 0 Å². The van der Waals surface area contributed by atoms with Crippen LogP contribution in [-0.2, 0) is 20.9 Å². The summed E-state index contributed by atoms with van der Waals surface area (Å²) in [6, 6.07) is 9.81. The second kappa shape index (κ2) is 4.93. The first-order valence-electron chi connectivity index (χ1n) is 7.14. The van der Waals surface area contributed by atoms with Crippen LogP contribution in [0.15, 0.2) is 30.3 Å². The summed E-state index contributed by atoms with van der Waals surface area (Å²) >= 11 is 0. The van der Waals surface area contributed by atoms with Crippen LogP contribution >= 0.6 is 0 Å². The summed E-state index contributed by atoms with van der Waals surface area (Å²) in [5, 5.41) is 0. The van der Waals surface area contributed by atoms with Gasteiger partial charge in [-0.25, -0.2) is 0 Å². The average molecular weight is 273 g/mol. The molecule has 4 nitrogen and oxygen atoms in total. The Labute approximate surface area is 118 Å². The third-order valence-electron chi connectivity index (χ3n) is 4.76. The van der Waals surface area contributed by atoms with Crippen molar-refractivity contribution in [1.82, 2.24) is 4.90 Å². The molecule has 1 aromatic rings. The Balaban J connectivity index is 1.85. The van der Waals surface area contributed by atoms with Crippen molar-refractivity contribution in [2.24, 2.45) is 5.41 Å². The van der Waals surface area contributed by atoms with E-state index >= 15 is 0 Å². The molecule has 0 bridgehead atoms. The van der Waals surface area contributed by atoms with Gasteiger partial charge in [0, 0.05) is 19.0 Å². The van der Waals surface area contributed by atoms with Crippen LogP contribution in [0.25, 0.3) is 0 Å². The lowest BCUT2D eigenvalue weighted by atomic mass is 9.72. The van der Waals surface area contributed by atoms with Gasteiger partial charge in [0.25, 0.3) is 0 Å². The van der Waals surface area contributed by atoms with Crippen LogP contribution in [0.3, 0.4) is 0 Å². The van der Waals surface area contributed by atoms with Gasteiger partial charge >= 0.3 is 5.97 Å². The summed E-state index contributed by atoms with van der Waals surface area (Å²) in [5.41, 5.74) is 0.610. The zero-order valence-corrected chi connectivity index (χ0v) is 11.7. The van der Waals surface area contributed by atoms with Crippen molar-refractivity contribution < 1.29 is 14.3 Å². The number of amides is 1. The van der Waals surface area contributed by atoms with E-state index in [1.165, 1.54) is 0 Å². The topological polar surface area (TPSA) is 46.6 Å². The molecule has 2 heterocycles. The number of benzene rings is 1. The second-order valence-electron chi connectivity index (χ2n) is 5.73. The van der Waals surface area contributed by atoms with Gasteiger partial charge in [0.05, 0.1) is 12.0 Å². The number of esters is 1. The van der Waals surface area contributed by atoms with Crippen molar-refractivity contribution in [2.45, 2.75) is 38.8 Å². The Hall–Kier alpha value is -1.84. The Kier molecular flexibility index (Phi) is 3.24. The van der Waals surface area contributed by atoms with Gasteiger partial charge in [-0.2, -0.15) is 0 Å². The molecule has 0 aromatic heterocycles. The van der Waals surface area contributed by atoms with Crippen molar-refractivity contribution in [3.63, 3.8) is 0 Å². The molecule has 106 valence electrons. The van der Waals surface area contributed by atoms with Gasteiger partial charge in [0.2, 0.25) is 5.91 Å². The zero-order valence-electron chi connectivity index (χ0n) is 11.7. The van der Waals surface area contributed by atoms with E-state index in [1.807, 2.05) is 42.2 Å². The van der Waals surface area contributed by atoms with Gasteiger partial charge in [-0.1, -0.05) is 30.3 Å². The Morgan fingerprint density at radius 1 is 1.25 bits per heavy atom. The van der Waals surface area contributed by atoms with Gasteiger partial charge in [-0.15, -0.1) is 0 Å². The molecule has 0 aliphatic carbocycles. The quantitative estimate of drug-likeness (QED) is 0.775. The molecule has 4 heteroatoms. The molecule has 1 amide bonds. The molecule has 2 atom stereocenters. The molecule has 1 spiro atoms. The molecular weight excluding hydrogens is 254 g/mol. The average Bonchev–Trinajstić information content (AvgIpc) is 2.83. The maximum Gasteiger partial charge on any atom is 0.314 e. The number of piperidine rings is 1. The van der Waals surface area contributed by atoms with Crippen molar-refractivity contribution in [3.05, 3.63) is 35.9 Å². The van der Waals surface area contributed by atoms with Crippen LogP contribution in [0.1, 0.15) is 31.7 Å². The summed E-state index contributed by atoms with van der Waals surface area (Å²) in [4.78, 5) is 26.2. The highest BCUT2D eigenvalue weighted by Gasteiger charge is 2.54. The number of carbonyl (C=O) groups is 2. The molecule has 1 aromatic carbocycles. The maximum absolute atomic E-state index is 12.2. The van der Waals surface area contributed by atoms with E-state index in [-0.39, 0.29) is 17.9 Å². The van der Waals surface area contributed by atoms with E-state index < -0.39 is 5.41 Å². The van der Waals surface area contributed by atoms with Gasteiger partial charge in [-0.3, -0.25) is 9.59 Å². The summed E-state index contributed by atoms with van der Waals surface area (Å²) in [6.45, 7) is 3.03. The summed E-state index contributed by atoms with van der Waals surface area (Å²) in [5.74, 6) is 0.00207. The smallest absolute Gasteiger partial charge is 0.314 e. The van der Waals surface area contributed by atoms with Gasteiger partial charge in [0.1, 0.15) is 0 Å². The number of rotatable bonds is 2. The zero-order chi connectivity index (χ0) is 14.2. The summed E-state index contributed by atoms with van der Waals surface area (Å²) < 4.78 is 5.17. The lowest BCUT2D eigenvalue weighted by Gasteiger charge is -2.43. The van der Waals surface area contributed by atoms with Crippen molar-refractivity contribution in [2.75, 3.05) is 6.61 Å². The fourth-order valence-electron chi connectivity index (χ4n) is 3.38. The van der Waals surface area contributed by atoms with Crippen LogP contribution in [-0.4, -0.2) is 29.4 Å². The predicted molar refractivity (Wildman–Crippen MR) is 73.7 cm³/mol. The van der Waals surface area contributed by atoms with Gasteiger partial charge < -0.3 is 9.64 Å². The minimum Gasteiger partial charge on any atom is -0.465 e. The highest BCUT2D eigenvalue weighted by molar-refractivity contribution is 5.85. The van der Waals surface area contributed by atoms with Gasteiger partial charge in [0.15, 0.2) is 0 Å². The largest absolute Gasteiger partial charge is 0.465 e. The molecule has 20 heavy (non-hydrogen) atoms. The van der Waals surface area contributed by atoms with E-state index in [0.717, 1.165) is 12.0 Å². The molecule has 0 saturated carbocycles. The first-order chi connectivity index (χ1) is 9.63. The SMILES string of the molecule is CC1N(Cc2ccccc2)C(=O)CCC12CCOC2=O. The Bertz CT molecular complexity index is 528. The number of carbonyl (C=O) groups excluding carboxylic acids is 2. The molecule has 2 fully saturated rings. The first kappa shape index (κ1) is 13.2. The first-order valence-corrected chi connectivity index (χ1v) is 7.14. The van der Waals surface area contributed by atoms with E-state index in [1.54, 1.807) is 0 Å². The number of hydrogen-bond acceptors (Lipinski definition) is 3. The van der Waals surface area contributed by atoms with Crippen LogP contribution in [0.2, 0.25) is 0 Å². The fourth-order valence-corrected chi connectivity index (χ4v) is 3.38. The van der Waals surface area contributed by atoms with Crippen LogP contribution < -0.4 is 0 Å². The van der Waals surface area contributed by atoms with E-state index in [2.05, 4.69) is 0 Å². The molecular formula is C16H19NO3. The molecule has 2 saturated heterocycles.